The van der Waals surface area contributed by atoms with Crippen LogP contribution in [-0.2, 0) is 0 Å². The summed E-state index contributed by atoms with van der Waals surface area (Å²) in [6.45, 7) is 3.18. The monoisotopic (exact) mass is 377 g/mol. The fraction of sp³-hybridized carbons (Fsp3) is 0.462. The summed E-state index contributed by atoms with van der Waals surface area (Å²) >= 11 is 3.20. The first-order chi connectivity index (χ1) is 9.38. The molecule has 1 aromatic carbocycles. The lowest BCUT2D eigenvalue weighted by Crippen LogP contribution is -2.48. The van der Waals surface area contributed by atoms with Crippen molar-refractivity contribution in [2.24, 2.45) is 11.7 Å². The Bertz CT molecular complexity index is 555. The van der Waals surface area contributed by atoms with Gasteiger partial charge in [0.2, 0.25) is 0 Å². The molecule has 8 heteroatoms. The van der Waals surface area contributed by atoms with Crippen LogP contribution >= 0.6 is 28.3 Å². The molecule has 2 rings (SSSR count). The second-order valence-electron chi connectivity index (χ2n) is 5.14. The van der Waals surface area contributed by atoms with Gasteiger partial charge in [-0.3, -0.25) is 14.9 Å². The highest BCUT2D eigenvalue weighted by molar-refractivity contribution is 9.10. The minimum Gasteiger partial charge on any atom is -0.338 e. The number of benzene rings is 1. The average Bonchev–Trinajstić information content (AvgIpc) is 2.40. The van der Waals surface area contributed by atoms with Gasteiger partial charge < -0.3 is 10.6 Å². The van der Waals surface area contributed by atoms with Crippen LogP contribution in [0.1, 0.15) is 23.7 Å². The van der Waals surface area contributed by atoms with Crippen molar-refractivity contribution in [3.05, 3.63) is 38.3 Å². The van der Waals surface area contributed by atoms with Crippen LogP contribution in [0.15, 0.2) is 22.7 Å². The Morgan fingerprint density at radius 1 is 1.48 bits per heavy atom. The van der Waals surface area contributed by atoms with Gasteiger partial charge in [-0.2, -0.15) is 0 Å². The zero-order chi connectivity index (χ0) is 14.9. The van der Waals surface area contributed by atoms with Crippen molar-refractivity contribution in [3.63, 3.8) is 0 Å². The molecule has 0 aliphatic carbocycles. The van der Waals surface area contributed by atoms with Crippen LogP contribution in [0.3, 0.4) is 0 Å². The molecule has 0 aromatic heterocycles. The summed E-state index contributed by atoms with van der Waals surface area (Å²) in [4.78, 5) is 24.5. The Kier molecular flexibility index (Phi) is 6.12. The van der Waals surface area contributed by atoms with Gasteiger partial charge in [-0.25, -0.2) is 0 Å². The van der Waals surface area contributed by atoms with Crippen LogP contribution in [-0.4, -0.2) is 34.9 Å². The SMILES string of the molecule is CC1CN(C(=O)c2cc(Br)cc([N+](=O)[O-])c2)CCC1N.Cl. The number of hydrogen-bond acceptors (Lipinski definition) is 4. The lowest BCUT2D eigenvalue weighted by atomic mass is 9.94. The third kappa shape index (κ3) is 4.15. The summed E-state index contributed by atoms with van der Waals surface area (Å²) in [7, 11) is 0. The first kappa shape index (κ1) is 17.9. The molecule has 1 amide bonds. The van der Waals surface area contributed by atoms with Crippen LogP contribution < -0.4 is 5.73 Å². The van der Waals surface area contributed by atoms with Gasteiger partial charge in [0, 0.05) is 41.3 Å². The lowest BCUT2D eigenvalue weighted by molar-refractivity contribution is -0.385. The van der Waals surface area contributed by atoms with Crippen molar-refractivity contribution in [1.82, 2.24) is 4.90 Å². The molecule has 1 aliphatic heterocycles. The van der Waals surface area contributed by atoms with Gasteiger partial charge in [-0.05, 0) is 18.4 Å². The molecule has 0 bridgehead atoms. The zero-order valence-electron chi connectivity index (χ0n) is 11.5. The fourth-order valence-electron chi connectivity index (χ4n) is 2.33. The normalized spacial score (nSPS) is 21.6. The van der Waals surface area contributed by atoms with Gasteiger partial charge in [-0.15, -0.1) is 12.4 Å². The van der Waals surface area contributed by atoms with E-state index in [2.05, 4.69) is 15.9 Å². The Hall–Kier alpha value is -1.18. The molecule has 0 spiro atoms. The van der Waals surface area contributed by atoms with Crippen LogP contribution in [0.25, 0.3) is 0 Å². The van der Waals surface area contributed by atoms with Crippen molar-refractivity contribution in [3.8, 4) is 0 Å². The number of nitrogens with zero attached hydrogens (tertiary/aromatic N) is 2. The highest BCUT2D eigenvalue weighted by Gasteiger charge is 2.27. The van der Waals surface area contributed by atoms with E-state index in [4.69, 9.17) is 5.73 Å². The predicted molar refractivity (Wildman–Crippen MR) is 85.7 cm³/mol. The topological polar surface area (TPSA) is 89.5 Å². The van der Waals surface area contributed by atoms with E-state index in [1.807, 2.05) is 6.92 Å². The molecule has 2 unspecified atom stereocenters. The molecule has 1 aromatic rings. The summed E-state index contributed by atoms with van der Waals surface area (Å²) in [5.74, 6) is 0.0444. The number of carbonyl (C=O) groups excluding carboxylic acids is 1. The number of halogens is 2. The minimum absolute atomic E-state index is 0. The second kappa shape index (κ2) is 7.20. The Labute approximate surface area is 137 Å². The maximum atomic E-state index is 12.4. The number of hydrogen-bond donors (Lipinski definition) is 1. The molecule has 6 nitrogen and oxygen atoms in total. The van der Waals surface area contributed by atoms with E-state index in [0.29, 0.717) is 23.1 Å². The molecule has 116 valence electrons. The van der Waals surface area contributed by atoms with Crippen LogP contribution in [0, 0.1) is 16.0 Å². The van der Waals surface area contributed by atoms with Gasteiger partial charge in [0.25, 0.3) is 11.6 Å². The van der Waals surface area contributed by atoms with Crippen molar-refractivity contribution < 1.29 is 9.72 Å². The highest BCUT2D eigenvalue weighted by Crippen LogP contribution is 2.24. The van der Waals surface area contributed by atoms with Gasteiger partial charge in [0.1, 0.15) is 0 Å². The summed E-state index contributed by atoms with van der Waals surface area (Å²) in [5, 5.41) is 10.8. The molecule has 0 radical (unpaired) electrons. The molecular weight excluding hydrogens is 362 g/mol. The average molecular weight is 379 g/mol. The predicted octanol–water partition coefficient (Wildman–Crippen LogP) is 2.59. The maximum Gasteiger partial charge on any atom is 0.271 e. The molecule has 1 fully saturated rings. The lowest BCUT2D eigenvalue weighted by Gasteiger charge is -2.35. The Balaban J connectivity index is 0.00000220. The summed E-state index contributed by atoms with van der Waals surface area (Å²) in [6.07, 6.45) is 0.753. The number of carbonyl (C=O) groups is 1. The highest BCUT2D eigenvalue weighted by atomic mass is 79.9. The standard InChI is InChI=1S/C13H16BrN3O3.ClH/c1-8-7-16(3-2-12(8)15)13(18)9-4-10(14)6-11(5-9)17(19)20;/h4-6,8,12H,2-3,7,15H2,1H3;1H. The van der Waals surface area contributed by atoms with Crippen molar-refractivity contribution in [2.75, 3.05) is 13.1 Å². The number of likely N-dealkylation sites (tertiary alicyclic amines) is 1. The number of non-ortho nitro benzene ring substituents is 1. The van der Waals surface area contributed by atoms with Crippen molar-refractivity contribution in [2.45, 2.75) is 19.4 Å². The summed E-state index contributed by atoms with van der Waals surface area (Å²) in [6, 6.07) is 4.41. The van der Waals surface area contributed by atoms with E-state index >= 15 is 0 Å². The molecule has 21 heavy (non-hydrogen) atoms. The van der Waals surface area contributed by atoms with Crippen molar-refractivity contribution >= 4 is 39.9 Å². The molecular formula is C13H17BrClN3O3. The van der Waals surface area contributed by atoms with Crippen LogP contribution in [0.5, 0.6) is 0 Å². The zero-order valence-corrected chi connectivity index (χ0v) is 13.9. The van der Waals surface area contributed by atoms with E-state index in [-0.39, 0.29) is 36.0 Å². The van der Waals surface area contributed by atoms with Gasteiger partial charge in [0.15, 0.2) is 0 Å². The van der Waals surface area contributed by atoms with Crippen molar-refractivity contribution in [1.29, 1.82) is 0 Å². The fourth-order valence-corrected chi connectivity index (χ4v) is 2.81. The van der Waals surface area contributed by atoms with Gasteiger partial charge in [-0.1, -0.05) is 22.9 Å². The van der Waals surface area contributed by atoms with Gasteiger partial charge in [0.05, 0.1) is 4.92 Å². The number of piperidine rings is 1. The maximum absolute atomic E-state index is 12.4. The minimum atomic E-state index is -0.504. The molecule has 2 N–H and O–H groups in total. The number of nitrogens with two attached hydrogens (primary N) is 1. The van der Waals surface area contributed by atoms with E-state index in [0.717, 1.165) is 6.42 Å². The van der Waals surface area contributed by atoms with E-state index in [9.17, 15) is 14.9 Å². The molecule has 2 atom stereocenters. The Morgan fingerprint density at radius 3 is 2.71 bits per heavy atom. The Morgan fingerprint density at radius 2 is 2.14 bits per heavy atom. The number of nitro groups is 1. The molecule has 0 saturated carbocycles. The smallest absolute Gasteiger partial charge is 0.271 e. The summed E-state index contributed by atoms with van der Waals surface area (Å²) < 4.78 is 0.525. The first-order valence-corrected chi connectivity index (χ1v) is 7.17. The first-order valence-electron chi connectivity index (χ1n) is 6.38. The molecule has 1 aliphatic rings. The van der Waals surface area contributed by atoms with Gasteiger partial charge >= 0.3 is 0 Å². The summed E-state index contributed by atoms with van der Waals surface area (Å²) in [5.41, 5.74) is 6.17. The molecule has 1 heterocycles. The van der Waals surface area contributed by atoms with Crippen LogP contribution in [0.4, 0.5) is 5.69 Å². The van der Waals surface area contributed by atoms with E-state index in [1.54, 1.807) is 11.0 Å². The largest absolute Gasteiger partial charge is 0.338 e. The van der Waals surface area contributed by atoms with E-state index < -0.39 is 4.92 Å². The quantitative estimate of drug-likeness (QED) is 0.632. The number of nitro benzene ring substituents is 1. The van der Waals surface area contributed by atoms with E-state index in [1.165, 1.54) is 12.1 Å². The molecule has 1 saturated heterocycles. The number of rotatable bonds is 2. The van der Waals surface area contributed by atoms with Crippen LogP contribution in [0.2, 0.25) is 0 Å². The second-order valence-corrected chi connectivity index (χ2v) is 6.05. The number of amides is 1. The third-order valence-corrected chi connectivity index (χ3v) is 4.06. The third-order valence-electron chi connectivity index (χ3n) is 3.60.